The first kappa shape index (κ1) is 17.1. The van der Waals surface area contributed by atoms with Crippen LogP contribution in [0.15, 0.2) is 41.3 Å². The normalized spacial score (nSPS) is 17.0. The molecule has 1 fully saturated rings. The zero-order valence-electron chi connectivity index (χ0n) is 12.7. The summed E-state index contributed by atoms with van der Waals surface area (Å²) in [5.41, 5.74) is 1.26. The minimum absolute atomic E-state index is 0.0674. The van der Waals surface area contributed by atoms with Gasteiger partial charge in [-0.15, -0.1) is 0 Å². The number of carbonyl (C=O) groups excluding carboxylic acids is 1. The number of nitrogens with zero attached hydrogens (tertiary/aromatic N) is 1. The number of hydrogen-bond acceptors (Lipinski definition) is 5. The van der Waals surface area contributed by atoms with Gasteiger partial charge in [-0.05, 0) is 18.4 Å². The highest BCUT2D eigenvalue weighted by atomic mass is 32.2. The molecule has 4 nitrogen and oxygen atoms in total. The minimum atomic E-state index is -0.467. The molecule has 1 saturated heterocycles. The highest BCUT2D eigenvalue weighted by Crippen LogP contribution is 2.31. The summed E-state index contributed by atoms with van der Waals surface area (Å²) < 4.78 is 10.8. The van der Waals surface area contributed by atoms with Gasteiger partial charge in [-0.3, -0.25) is 9.69 Å². The van der Waals surface area contributed by atoms with Gasteiger partial charge >= 0.3 is 0 Å². The van der Waals surface area contributed by atoms with Crippen molar-refractivity contribution in [1.82, 2.24) is 4.90 Å². The van der Waals surface area contributed by atoms with Gasteiger partial charge in [0.25, 0.3) is 5.91 Å². The van der Waals surface area contributed by atoms with E-state index in [0.717, 1.165) is 12.8 Å². The molecule has 0 aliphatic carbocycles. The number of amides is 1. The number of methoxy groups -OCH3 is 2. The van der Waals surface area contributed by atoms with Crippen LogP contribution in [-0.2, 0) is 20.7 Å². The summed E-state index contributed by atoms with van der Waals surface area (Å²) in [5, 5.41) is 0. The van der Waals surface area contributed by atoms with Crippen LogP contribution in [0.4, 0.5) is 0 Å². The van der Waals surface area contributed by atoms with Crippen LogP contribution in [-0.4, -0.2) is 42.2 Å². The Morgan fingerprint density at radius 1 is 1.27 bits per heavy atom. The molecule has 1 aliphatic rings. The van der Waals surface area contributed by atoms with Gasteiger partial charge in [0.05, 0.1) is 11.4 Å². The van der Waals surface area contributed by atoms with Gasteiger partial charge in [0, 0.05) is 14.2 Å². The number of rotatable bonds is 7. The average molecular weight is 337 g/mol. The van der Waals surface area contributed by atoms with Crippen molar-refractivity contribution in [2.45, 2.75) is 19.1 Å². The maximum absolute atomic E-state index is 12.4. The van der Waals surface area contributed by atoms with E-state index in [1.54, 1.807) is 14.2 Å². The number of thiocarbonyl (C=S) groups is 1. The van der Waals surface area contributed by atoms with Crippen LogP contribution in [0.5, 0.6) is 0 Å². The molecular formula is C16H19NO3S2. The smallest absolute Gasteiger partial charge is 0.266 e. The first-order valence-corrected chi connectivity index (χ1v) is 8.21. The van der Waals surface area contributed by atoms with Crippen molar-refractivity contribution in [3.63, 3.8) is 0 Å². The number of allylic oxidation sites excluding steroid dienone is 1. The summed E-state index contributed by atoms with van der Waals surface area (Å²) in [6, 6.07) is 10.2. The van der Waals surface area contributed by atoms with Crippen molar-refractivity contribution < 1.29 is 14.3 Å². The fourth-order valence-corrected chi connectivity index (χ4v) is 3.39. The van der Waals surface area contributed by atoms with Crippen LogP contribution in [0.3, 0.4) is 0 Å². The summed E-state index contributed by atoms with van der Waals surface area (Å²) in [7, 11) is 3.09. The molecule has 0 unspecified atom stereocenters. The quantitative estimate of drug-likeness (QED) is 0.434. The van der Waals surface area contributed by atoms with Gasteiger partial charge < -0.3 is 9.47 Å². The lowest BCUT2D eigenvalue weighted by atomic mass is 10.1. The van der Waals surface area contributed by atoms with Crippen LogP contribution in [0.1, 0.15) is 12.0 Å². The topological polar surface area (TPSA) is 38.8 Å². The third-order valence-corrected chi connectivity index (χ3v) is 4.76. The number of aryl methyl sites for hydroxylation is 1. The lowest BCUT2D eigenvalue weighted by Gasteiger charge is -2.20. The third-order valence-electron chi connectivity index (χ3n) is 3.34. The number of ether oxygens (including phenoxy) is 2. The molecule has 22 heavy (non-hydrogen) atoms. The van der Waals surface area contributed by atoms with E-state index >= 15 is 0 Å². The predicted molar refractivity (Wildman–Crippen MR) is 92.6 cm³/mol. The third kappa shape index (κ3) is 4.39. The van der Waals surface area contributed by atoms with E-state index in [4.69, 9.17) is 21.7 Å². The Kier molecular flexibility index (Phi) is 6.57. The Balaban J connectivity index is 1.94. The van der Waals surface area contributed by atoms with Crippen molar-refractivity contribution in [1.29, 1.82) is 0 Å². The summed E-state index contributed by atoms with van der Waals surface area (Å²) in [6.45, 7) is 0.313. The van der Waals surface area contributed by atoms with Crippen molar-refractivity contribution in [3.05, 3.63) is 46.9 Å². The molecule has 1 aromatic rings. The zero-order chi connectivity index (χ0) is 15.9. The van der Waals surface area contributed by atoms with E-state index in [1.807, 2.05) is 24.3 Å². The van der Waals surface area contributed by atoms with Crippen LogP contribution < -0.4 is 0 Å². The van der Waals surface area contributed by atoms with E-state index in [0.29, 0.717) is 15.8 Å². The molecule has 0 aromatic heterocycles. The highest BCUT2D eigenvalue weighted by molar-refractivity contribution is 8.26. The molecule has 1 aliphatic heterocycles. The monoisotopic (exact) mass is 337 g/mol. The first-order chi connectivity index (χ1) is 10.7. The largest absolute Gasteiger partial charge is 0.354 e. The predicted octanol–water partition coefficient (Wildman–Crippen LogP) is 2.98. The van der Waals surface area contributed by atoms with Gasteiger partial charge in [0.1, 0.15) is 4.32 Å². The lowest BCUT2D eigenvalue weighted by Crippen LogP contribution is -2.37. The average Bonchev–Trinajstić information content (AvgIpc) is 2.80. The van der Waals surface area contributed by atoms with Gasteiger partial charge in [-0.2, -0.15) is 0 Å². The van der Waals surface area contributed by atoms with E-state index < -0.39 is 6.29 Å². The molecular weight excluding hydrogens is 318 g/mol. The second-order valence-corrected chi connectivity index (χ2v) is 6.45. The molecule has 0 bridgehead atoms. The zero-order valence-corrected chi connectivity index (χ0v) is 14.3. The molecule has 0 radical (unpaired) electrons. The van der Waals surface area contributed by atoms with Crippen molar-refractivity contribution in [2.75, 3.05) is 20.8 Å². The number of hydrogen-bond donors (Lipinski definition) is 0. The van der Waals surface area contributed by atoms with Crippen LogP contribution in [0.25, 0.3) is 0 Å². The number of thioether (sulfide) groups is 1. The lowest BCUT2D eigenvalue weighted by molar-refractivity contribution is -0.134. The fraction of sp³-hybridized carbons (Fsp3) is 0.375. The number of benzene rings is 1. The molecule has 1 amide bonds. The van der Waals surface area contributed by atoms with Crippen molar-refractivity contribution >= 4 is 34.2 Å². The van der Waals surface area contributed by atoms with Crippen molar-refractivity contribution in [2.24, 2.45) is 0 Å². The molecule has 1 aromatic carbocycles. The molecule has 0 N–H and O–H groups in total. The molecule has 0 saturated carbocycles. The van der Waals surface area contributed by atoms with E-state index in [1.165, 1.54) is 22.2 Å². The molecule has 6 heteroatoms. The molecule has 0 atom stereocenters. The molecule has 118 valence electrons. The standard InChI is InChI=1S/C16H19NO3S2/c1-19-14(20-2)11-17-15(18)13(22-16(17)21)10-6-9-12-7-4-3-5-8-12/h3-5,7-8,10,14H,6,9,11H2,1-2H3/b13-10-. The van der Waals surface area contributed by atoms with Crippen LogP contribution in [0.2, 0.25) is 0 Å². The summed E-state index contributed by atoms with van der Waals surface area (Å²) in [6.07, 6.45) is 3.21. The highest BCUT2D eigenvalue weighted by Gasteiger charge is 2.33. The van der Waals surface area contributed by atoms with Crippen LogP contribution in [0, 0.1) is 0 Å². The van der Waals surface area contributed by atoms with Gasteiger partial charge in [0.15, 0.2) is 6.29 Å². The molecule has 0 spiro atoms. The minimum Gasteiger partial charge on any atom is -0.354 e. The first-order valence-electron chi connectivity index (χ1n) is 6.99. The summed E-state index contributed by atoms with van der Waals surface area (Å²) in [5.74, 6) is -0.0674. The second kappa shape index (κ2) is 8.43. The van der Waals surface area contributed by atoms with E-state index in [2.05, 4.69) is 12.1 Å². The fourth-order valence-electron chi connectivity index (χ4n) is 2.10. The van der Waals surface area contributed by atoms with Gasteiger partial charge in [0.2, 0.25) is 0 Å². The Morgan fingerprint density at radius 2 is 1.95 bits per heavy atom. The Bertz CT molecular complexity index is 556. The van der Waals surface area contributed by atoms with E-state index in [9.17, 15) is 4.79 Å². The van der Waals surface area contributed by atoms with Gasteiger partial charge in [-0.1, -0.05) is 60.4 Å². The number of carbonyl (C=O) groups is 1. The van der Waals surface area contributed by atoms with Crippen molar-refractivity contribution in [3.8, 4) is 0 Å². The Hall–Kier alpha value is -1.21. The SMILES string of the molecule is COC(CN1C(=O)/C(=C/CCc2ccccc2)SC1=S)OC. The Morgan fingerprint density at radius 3 is 2.59 bits per heavy atom. The maximum atomic E-state index is 12.4. The molecule has 1 heterocycles. The summed E-state index contributed by atoms with van der Waals surface area (Å²) in [4.78, 5) is 14.6. The summed E-state index contributed by atoms with van der Waals surface area (Å²) >= 11 is 6.61. The van der Waals surface area contributed by atoms with Gasteiger partial charge in [-0.25, -0.2) is 0 Å². The molecule has 2 rings (SSSR count). The second-order valence-electron chi connectivity index (χ2n) is 4.78. The van der Waals surface area contributed by atoms with E-state index in [-0.39, 0.29) is 5.91 Å². The van der Waals surface area contributed by atoms with Crippen LogP contribution >= 0.6 is 24.0 Å². The Labute approximate surface area is 140 Å². The maximum Gasteiger partial charge on any atom is 0.266 e.